The van der Waals surface area contributed by atoms with E-state index in [-0.39, 0.29) is 35.2 Å². The summed E-state index contributed by atoms with van der Waals surface area (Å²) in [5.41, 5.74) is 4.09. The van der Waals surface area contributed by atoms with Crippen LogP contribution in [0.1, 0.15) is 16.4 Å². The number of halogens is 1. The number of nitrogens with zero attached hydrogens (tertiary/aromatic N) is 3. The van der Waals surface area contributed by atoms with Gasteiger partial charge in [0.2, 0.25) is 11.8 Å². The summed E-state index contributed by atoms with van der Waals surface area (Å²) in [6.45, 7) is 0.531. The second kappa shape index (κ2) is 11.3. The molecule has 190 valence electrons. The molecule has 1 unspecified atom stereocenters. The number of anilines is 1. The summed E-state index contributed by atoms with van der Waals surface area (Å²) in [6, 6.07) is 17.8. The number of benzene rings is 2. The van der Waals surface area contributed by atoms with E-state index in [4.69, 9.17) is 9.84 Å². The maximum atomic E-state index is 13.8. The minimum atomic E-state index is -0.373. The summed E-state index contributed by atoms with van der Waals surface area (Å²) in [5, 5.41) is 11.7. The molecule has 5 rings (SSSR count). The molecule has 0 saturated carbocycles. The van der Waals surface area contributed by atoms with Gasteiger partial charge in [0, 0.05) is 24.8 Å². The maximum Gasteiger partial charge on any atom is 0.240 e. The van der Waals surface area contributed by atoms with E-state index < -0.39 is 0 Å². The molecule has 0 saturated heterocycles. The fraction of sp³-hybridized carbons (Fsp3) is 0.222. The second-order valence-corrected chi connectivity index (χ2v) is 10.3. The number of rotatable bonds is 8. The van der Waals surface area contributed by atoms with Gasteiger partial charge in [0.25, 0.3) is 0 Å². The van der Waals surface area contributed by atoms with Crippen LogP contribution in [0.3, 0.4) is 0 Å². The van der Waals surface area contributed by atoms with Crippen LogP contribution in [0.5, 0.6) is 0 Å². The quantitative estimate of drug-likeness (QED) is 0.331. The lowest BCUT2D eigenvalue weighted by Gasteiger charge is -2.23. The number of fused-ring (bicyclic) bond motifs is 1. The SMILES string of the molecule is COCCNC(=O)CN1C(=O)CSC(c2ccsc2)c2c(-c3ccccc3)nn(-c3ccc(F)cc3)c21. The number of nitrogens with one attached hydrogen (secondary N) is 1. The zero-order valence-electron chi connectivity index (χ0n) is 20.1. The molecule has 2 aromatic heterocycles. The van der Waals surface area contributed by atoms with E-state index in [0.29, 0.717) is 30.4 Å². The molecular formula is C27H25FN4O3S2. The minimum Gasteiger partial charge on any atom is -0.383 e. The van der Waals surface area contributed by atoms with Gasteiger partial charge in [-0.25, -0.2) is 9.07 Å². The average Bonchev–Trinajstić information content (AvgIpc) is 3.55. The van der Waals surface area contributed by atoms with Crippen molar-refractivity contribution in [3.8, 4) is 16.9 Å². The highest BCUT2D eigenvalue weighted by Crippen LogP contribution is 2.48. The fourth-order valence-corrected chi connectivity index (χ4v) is 6.23. The number of thioether (sulfide) groups is 1. The molecule has 0 aliphatic carbocycles. The molecule has 0 fully saturated rings. The van der Waals surface area contributed by atoms with Gasteiger partial charge in [-0.15, -0.1) is 11.8 Å². The third-order valence-corrected chi connectivity index (χ3v) is 7.94. The molecule has 1 atom stereocenters. The Balaban J connectivity index is 1.72. The molecule has 3 heterocycles. The van der Waals surface area contributed by atoms with Crippen molar-refractivity contribution >= 4 is 40.7 Å². The van der Waals surface area contributed by atoms with Crippen LogP contribution in [-0.2, 0) is 14.3 Å². The van der Waals surface area contributed by atoms with Gasteiger partial charge in [-0.3, -0.25) is 14.5 Å². The summed E-state index contributed by atoms with van der Waals surface area (Å²) in [4.78, 5) is 27.9. The second-order valence-electron chi connectivity index (χ2n) is 8.41. The molecule has 2 amide bonds. The summed E-state index contributed by atoms with van der Waals surface area (Å²) < 4.78 is 20.5. The lowest BCUT2D eigenvalue weighted by molar-refractivity contribution is -0.123. The number of ether oxygens (including phenoxy) is 1. The van der Waals surface area contributed by atoms with Crippen LogP contribution in [0.15, 0.2) is 71.4 Å². The topological polar surface area (TPSA) is 76.5 Å². The summed E-state index contributed by atoms with van der Waals surface area (Å²) in [6.07, 6.45) is 0. The summed E-state index contributed by atoms with van der Waals surface area (Å²) in [7, 11) is 1.56. The highest BCUT2D eigenvalue weighted by molar-refractivity contribution is 8.00. The first-order valence-electron chi connectivity index (χ1n) is 11.7. The van der Waals surface area contributed by atoms with E-state index in [0.717, 1.165) is 16.7 Å². The number of hydrogen-bond donors (Lipinski definition) is 1. The van der Waals surface area contributed by atoms with Crippen molar-refractivity contribution in [1.29, 1.82) is 0 Å². The lowest BCUT2D eigenvalue weighted by atomic mass is 10.0. The maximum absolute atomic E-state index is 13.8. The monoisotopic (exact) mass is 536 g/mol. The van der Waals surface area contributed by atoms with Crippen molar-refractivity contribution < 1.29 is 18.7 Å². The Morgan fingerprint density at radius 3 is 2.65 bits per heavy atom. The van der Waals surface area contributed by atoms with Gasteiger partial charge < -0.3 is 10.1 Å². The smallest absolute Gasteiger partial charge is 0.240 e. The van der Waals surface area contributed by atoms with Crippen LogP contribution in [0.4, 0.5) is 10.2 Å². The van der Waals surface area contributed by atoms with Crippen molar-refractivity contribution in [3.05, 3.63) is 88.4 Å². The molecule has 0 spiro atoms. The first kappa shape index (κ1) is 25.2. The number of amides is 2. The van der Waals surface area contributed by atoms with Crippen molar-refractivity contribution in [1.82, 2.24) is 15.1 Å². The number of thiophene rings is 1. The first-order valence-corrected chi connectivity index (χ1v) is 13.7. The van der Waals surface area contributed by atoms with Gasteiger partial charge in [0.15, 0.2) is 0 Å². The molecule has 7 nitrogen and oxygen atoms in total. The fourth-order valence-electron chi connectivity index (χ4n) is 4.27. The third kappa shape index (κ3) is 5.31. The number of aromatic nitrogens is 2. The van der Waals surface area contributed by atoms with Crippen LogP contribution in [-0.4, -0.2) is 54.2 Å². The van der Waals surface area contributed by atoms with E-state index in [2.05, 4.69) is 10.7 Å². The van der Waals surface area contributed by atoms with Crippen molar-refractivity contribution in [2.45, 2.75) is 5.25 Å². The Bertz CT molecular complexity index is 1370. The van der Waals surface area contributed by atoms with Crippen molar-refractivity contribution in [2.24, 2.45) is 0 Å². The lowest BCUT2D eigenvalue weighted by Crippen LogP contribution is -2.43. The summed E-state index contributed by atoms with van der Waals surface area (Å²) >= 11 is 3.10. The molecule has 37 heavy (non-hydrogen) atoms. The molecule has 4 aromatic rings. The molecule has 10 heteroatoms. The van der Waals surface area contributed by atoms with E-state index in [9.17, 15) is 14.0 Å². The highest BCUT2D eigenvalue weighted by atomic mass is 32.2. The summed E-state index contributed by atoms with van der Waals surface area (Å²) in [5.74, 6) is -0.170. The largest absolute Gasteiger partial charge is 0.383 e. The first-order chi connectivity index (χ1) is 18.1. The zero-order valence-corrected chi connectivity index (χ0v) is 21.7. The third-order valence-electron chi connectivity index (χ3n) is 5.98. The average molecular weight is 537 g/mol. The molecule has 2 aromatic carbocycles. The standard InChI is InChI=1S/C27H25FN4O3S2/c1-35-13-12-29-22(33)15-31-23(34)17-37-26(19-11-14-36-16-19)24-25(18-5-3-2-4-6-18)30-32(27(24)31)21-9-7-20(28)8-10-21/h2-11,14,16,26H,12-13,15,17H2,1H3,(H,29,33). The molecule has 0 radical (unpaired) electrons. The molecule has 1 aliphatic heterocycles. The minimum absolute atomic E-state index is 0.173. The number of hydrogen-bond acceptors (Lipinski definition) is 6. The Kier molecular flexibility index (Phi) is 7.68. The number of carbonyl (C=O) groups excluding carboxylic acids is 2. The normalized spacial score (nSPS) is 15.4. The van der Waals surface area contributed by atoms with Gasteiger partial charge in [-0.05, 0) is 46.7 Å². The zero-order chi connectivity index (χ0) is 25.8. The van der Waals surface area contributed by atoms with Gasteiger partial charge in [0.1, 0.15) is 18.2 Å². The Labute approximate surface area is 222 Å². The molecule has 1 N–H and O–H groups in total. The van der Waals surface area contributed by atoms with Crippen molar-refractivity contribution in [3.63, 3.8) is 0 Å². The predicted molar refractivity (Wildman–Crippen MR) is 145 cm³/mol. The van der Waals surface area contributed by atoms with Crippen LogP contribution < -0.4 is 10.2 Å². The Morgan fingerprint density at radius 1 is 1.16 bits per heavy atom. The van der Waals surface area contributed by atoms with E-state index >= 15 is 0 Å². The molecule has 0 bridgehead atoms. The van der Waals surface area contributed by atoms with E-state index in [1.54, 1.807) is 35.3 Å². The van der Waals surface area contributed by atoms with Crippen LogP contribution in [0.2, 0.25) is 0 Å². The molecular weight excluding hydrogens is 511 g/mol. The number of carbonyl (C=O) groups is 2. The van der Waals surface area contributed by atoms with Crippen LogP contribution in [0, 0.1) is 5.82 Å². The predicted octanol–water partition coefficient (Wildman–Crippen LogP) is 4.67. The van der Waals surface area contributed by atoms with Gasteiger partial charge in [-0.2, -0.15) is 16.4 Å². The number of methoxy groups -OCH3 is 1. The van der Waals surface area contributed by atoms with Crippen LogP contribution >= 0.6 is 23.1 Å². The van der Waals surface area contributed by atoms with Gasteiger partial charge in [-0.1, -0.05) is 30.3 Å². The Hall–Kier alpha value is -3.47. The van der Waals surface area contributed by atoms with E-state index in [1.807, 2.05) is 41.8 Å². The Morgan fingerprint density at radius 2 is 1.95 bits per heavy atom. The van der Waals surface area contributed by atoms with E-state index in [1.165, 1.54) is 28.8 Å². The molecule has 1 aliphatic rings. The van der Waals surface area contributed by atoms with Crippen molar-refractivity contribution in [2.75, 3.05) is 37.5 Å². The van der Waals surface area contributed by atoms with Crippen LogP contribution in [0.25, 0.3) is 16.9 Å². The highest BCUT2D eigenvalue weighted by Gasteiger charge is 2.37. The van der Waals surface area contributed by atoms with Gasteiger partial charge in [0.05, 0.1) is 29.0 Å². The van der Waals surface area contributed by atoms with Gasteiger partial charge >= 0.3 is 0 Å².